The van der Waals surface area contributed by atoms with Gasteiger partial charge in [-0.1, -0.05) is 17.3 Å². The van der Waals surface area contributed by atoms with Gasteiger partial charge in [-0.05, 0) is 39.0 Å². The van der Waals surface area contributed by atoms with Crippen LogP contribution >= 0.6 is 0 Å². The number of nitrogens with one attached hydrogen (secondary N) is 1. The van der Waals surface area contributed by atoms with E-state index in [2.05, 4.69) is 17.1 Å². The van der Waals surface area contributed by atoms with Crippen LogP contribution in [0.3, 0.4) is 0 Å². The zero-order valence-electron chi connectivity index (χ0n) is 10.2. The largest absolute Gasteiger partial charge is 0.411 e. The zero-order valence-corrected chi connectivity index (χ0v) is 10.2. The monoisotopic (exact) mass is 226 g/mol. The maximum absolute atomic E-state index is 9.08. The first-order valence-electron chi connectivity index (χ1n) is 5.76. The van der Waals surface area contributed by atoms with Gasteiger partial charge in [-0.15, -0.1) is 0 Å². The zero-order chi connectivity index (χ0) is 12.2. The number of hydrogen-bond acceptors (Lipinski definition) is 4. The summed E-state index contributed by atoms with van der Waals surface area (Å²) in [4.78, 5) is 0. The first-order chi connectivity index (χ1) is 7.53. The quantitative estimate of drug-likeness (QED) is 0.387. The summed E-state index contributed by atoms with van der Waals surface area (Å²) in [6.45, 7) is 8.61. The molecular formula is C12H22N2O2. The molecule has 0 spiro atoms. The van der Waals surface area contributed by atoms with E-state index in [1.54, 1.807) is 0 Å². The lowest BCUT2D eigenvalue weighted by atomic mass is 9.74. The molecule has 3 N–H and O–H groups in total. The predicted octanol–water partition coefficient (Wildman–Crippen LogP) is 1.53. The van der Waals surface area contributed by atoms with E-state index >= 15 is 0 Å². The highest BCUT2D eigenvalue weighted by molar-refractivity contribution is 5.93. The fourth-order valence-corrected chi connectivity index (χ4v) is 2.26. The van der Waals surface area contributed by atoms with Crippen molar-refractivity contribution in [3.05, 3.63) is 12.2 Å². The summed E-state index contributed by atoms with van der Waals surface area (Å²) in [5.41, 5.74) is 1.62. The van der Waals surface area contributed by atoms with Crippen molar-refractivity contribution < 1.29 is 10.3 Å². The molecule has 0 aromatic carbocycles. The lowest BCUT2D eigenvalue weighted by molar-refractivity contribution is 0.255. The van der Waals surface area contributed by atoms with E-state index in [1.807, 2.05) is 13.8 Å². The van der Waals surface area contributed by atoms with Crippen molar-refractivity contribution >= 4 is 5.71 Å². The molecule has 0 saturated heterocycles. The highest BCUT2D eigenvalue weighted by Gasteiger charge is 2.37. The highest BCUT2D eigenvalue weighted by Crippen LogP contribution is 2.33. The van der Waals surface area contributed by atoms with Crippen LogP contribution in [0.2, 0.25) is 0 Å². The second-order valence-corrected chi connectivity index (χ2v) is 4.82. The van der Waals surface area contributed by atoms with Crippen LogP contribution in [0.5, 0.6) is 0 Å². The van der Waals surface area contributed by atoms with Crippen molar-refractivity contribution in [2.24, 2.45) is 11.1 Å². The lowest BCUT2D eigenvalue weighted by Gasteiger charge is -2.38. The molecular weight excluding hydrogens is 204 g/mol. The smallest absolute Gasteiger partial charge is 0.0774 e. The molecule has 16 heavy (non-hydrogen) atoms. The van der Waals surface area contributed by atoms with Gasteiger partial charge in [0.1, 0.15) is 0 Å². The Morgan fingerprint density at radius 1 is 1.69 bits per heavy atom. The van der Waals surface area contributed by atoms with Crippen LogP contribution in [0.4, 0.5) is 0 Å². The number of β-amino-alcohol motifs (C(OH)–C–C–N with tert-alkyl or cyclic N) is 1. The Morgan fingerprint density at radius 2 is 2.38 bits per heavy atom. The molecule has 1 aliphatic carbocycles. The van der Waals surface area contributed by atoms with Crippen molar-refractivity contribution in [3.63, 3.8) is 0 Å². The van der Waals surface area contributed by atoms with Crippen molar-refractivity contribution in [2.45, 2.75) is 38.6 Å². The molecule has 2 atom stereocenters. The summed E-state index contributed by atoms with van der Waals surface area (Å²) in [6.07, 6.45) is 2.70. The standard InChI is InChI=1S/C12H22N2O2/c1-9(2)10-4-5-12(3,13-6-7-15)11(8-10)14-16/h10,13,15-16H,1,4-8H2,2-3H3/b14-11-/t10-,12-/m0/s1. The van der Waals surface area contributed by atoms with Gasteiger partial charge < -0.3 is 15.6 Å². The average Bonchev–Trinajstić information content (AvgIpc) is 2.26. The molecule has 0 amide bonds. The van der Waals surface area contributed by atoms with Gasteiger partial charge in [-0.25, -0.2) is 0 Å². The van der Waals surface area contributed by atoms with Crippen LogP contribution in [0.25, 0.3) is 0 Å². The highest BCUT2D eigenvalue weighted by atomic mass is 16.4. The molecule has 0 aromatic heterocycles. The SMILES string of the molecule is C=C(C)[C@H]1CC[C@](C)(NCCO)/C(=N\O)C1. The molecule has 0 unspecified atom stereocenters. The maximum Gasteiger partial charge on any atom is 0.0774 e. The first kappa shape index (κ1) is 13.2. The average molecular weight is 226 g/mol. The van der Waals surface area contributed by atoms with Crippen LogP contribution in [0.1, 0.15) is 33.1 Å². The number of rotatable bonds is 4. The van der Waals surface area contributed by atoms with Crippen molar-refractivity contribution in [1.29, 1.82) is 0 Å². The van der Waals surface area contributed by atoms with E-state index in [1.165, 1.54) is 0 Å². The maximum atomic E-state index is 9.08. The van der Waals surface area contributed by atoms with Gasteiger partial charge in [0.05, 0.1) is 17.9 Å². The Kier molecular flexibility index (Phi) is 4.50. The third kappa shape index (κ3) is 2.83. The summed E-state index contributed by atoms with van der Waals surface area (Å²) >= 11 is 0. The molecule has 0 aliphatic heterocycles. The van der Waals surface area contributed by atoms with Crippen molar-refractivity contribution in [2.75, 3.05) is 13.2 Å². The summed E-state index contributed by atoms with van der Waals surface area (Å²) in [5, 5.41) is 24.6. The van der Waals surface area contributed by atoms with E-state index in [0.29, 0.717) is 12.5 Å². The normalized spacial score (nSPS) is 32.9. The number of hydrogen-bond donors (Lipinski definition) is 3. The molecule has 1 rings (SSSR count). The summed E-state index contributed by atoms with van der Waals surface area (Å²) < 4.78 is 0. The third-order valence-corrected chi connectivity index (χ3v) is 3.51. The van der Waals surface area contributed by atoms with Crippen LogP contribution in [-0.2, 0) is 0 Å². The fourth-order valence-electron chi connectivity index (χ4n) is 2.26. The van der Waals surface area contributed by atoms with E-state index in [-0.39, 0.29) is 12.1 Å². The predicted molar refractivity (Wildman–Crippen MR) is 64.9 cm³/mol. The van der Waals surface area contributed by atoms with Gasteiger partial charge in [0.2, 0.25) is 0 Å². The fraction of sp³-hybridized carbons (Fsp3) is 0.750. The minimum Gasteiger partial charge on any atom is -0.411 e. The number of allylic oxidation sites excluding steroid dienone is 1. The Bertz CT molecular complexity index is 289. The minimum absolute atomic E-state index is 0.0954. The third-order valence-electron chi connectivity index (χ3n) is 3.51. The topological polar surface area (TPSA) is 64.8 Å². The van der Waals surface area contributed by atoms with Crippen LogP contribution in [-0.4, -0.2) is 34.7 Å². The number of aliphatic hydroxyl groups is 1. The molecule has 0 bridgehead atoms. The molecule has 1 saturated carbocycles. The van der Waals surface area contributed by atoms with E-state index < -0.39 is 0 Å². The van der Waals surface area contributed by atoms with Crippen molar-refractivity contribution in [3.8, 4) is 0 Å². The minimum atomic E-state index is -0.288. The van der Waals surface area contributed by atoms with E-state index in [4.69, 9.17) is 10.3 Å². The number of oxime groups is 1. The molecule has 0 heterocycles. The molecule has 4 nitrogen and oxygen atoms in total. The van der Waals surface area contributed by atoms with Gasteiger partial charge in [0.25, 0.3) is 0 Å². The van der Waals surface area contributed by atoms with Gasteiger partial charge in [-0.3, -0.25) is 0 Å². The molecule has 1 fully saturated rings. The van der Waals surface area contributed by atoms with Gasteiger partial charge in [0.15, 0.2) is 0 Å². The van der Waals surface area contributed by atoms with Crippen LogP contribution in [0, 0.1) is 5.92 Å². The van der Waals surface area contributed by atoms with E-state index in [0.717, 1.165) is 30.5 Å². The molecule has 1 aliphatic rings. The summed E-state index contributed by atoms with van der Waals surface area (Å²) in [5.74, 6) is 0.412. The van der Waals surface area contributed by atoms with Gasteiger partial charge in [-0.2, -0.15) is 0 Å². The molecule has 92 valence electrons. The molecule has 0 radical (unpaired) electrons. The van der Waals surface area contributed by atoms with Gasteiger partial charge in [0, 0.05) is 6.54 Å². The summed E-state index contributed by atoms with van der Waals surface area (Å²) in [6, 6.07) is 0. The Morgan fingerprint density at radius 3 is 2.88 bits per heavy atom. The Hall–Kier alpha value is -0.870. The van der Waals surface area contributed by atoms with E-state index in [9.17, 15) is 0 Å². The van der Waals surface area contributed by atoms with Crippen LogP contribution in [0.15, 0.2) is 17.3 Å². The lowest BCUT2D eigenvalue weighted by Crippen LogP contribution is -2.53. The molecule has 4 heteroatoms. The molecule has 0 aromatic rings. The van der Waals surface area contributed by atoms with Crippen LogP contribution < -0.4 is 5.32 Å². The first-order valence-corrected chi connectivity index (χ1v) is 5.76. The Labute approximate surface area is 97.0 Å². The number of aliphatic hydroxyl groups excluding tert-OH is 1. The second kappa shape index (κ2) is 5.46. The van der Waals surface area contributed by atoms with Gasteiger partial charge >= 0.3 is 0 Å². The summed E-state index contributed by atoms with van der Waals surface area (Å²) in [7, 11) is 0. The Balaban J connectivity index is 2.72. The second-order valence-electron chi connectivity index (χ2n) is 4.82. The van der Waals surface area contributed by atoms with Crippen molar-refractivity contribution in [1.82, 2.24) is 5.32 Å². The number of nitrogens with zero attached hydrogens (tertiary/aromatic N) is 1.